The highest BCUT2D eigenvalue weighted by Crippen LogP contribution is 2.47. The van der Waals surface area contributed by atoms with Crippen molar-refractivity contribution in [1.29, 1.82) is 0 Å². The Kier molecular flexibility index (Phi) is 7.19. The maximum atomic E-state index is 13.6. The van der Waals surface area contributed by atoms with E-state index in [9.17, 15) is 14.7 Å². The van der Waals surface area contributed by atoms with Crippen LogP contribution in [0.2, 0.25) is 0 Å². The summed E-state index contributed by atoms with van der Waals surface area (Å²) in [6.07, 6.45) is 0. The van der Waals surface area contributed by atoms with E-state index in [0.717, 1.165) is 5.56 Å². The molecule has 1 fully saturated rings. The number of para-hydroxylation sites is 1. The van der Waals surface area contributed by atoms with E-state index in [1.54, 1.807) is 54.6 Å². The second-order valence-corrected chi connectivity index (χ2v) is 9.58. The van der Waals surface area contributed by atoms with Crippen molar-refractivity contribution in [3.05, 3.63) is 82.9 Å². The van der Waals surface area contributed by atoms with Crippen LogP contribution in [-0.2, 0) is 9.59 Å². The normalized spacial score (nSPS) is 18.0. The lowest BCUT2D eigenvalue weighted by Crippen LogP contribution is -2.30. The SMILES string of the molecule is CCOc1ccc(/C(O)=C2\C(=O)C(=O)N(c3ccc4c(c3)OCCO4)C2c2ccccc2OC)cc1C(C)C. The first-order valence-electron chi connectivity index (χ1n) is 13.0. The Morgan fingerprint density at radius 2 is 1.74 bits per heavy atom. The second kappa shape index (κ2) is 10.7. The van der Waals surface area contributed by atoms with Crippen LogP contribution in [0.25, 0.3) is 5.76 Å². The van der Waals surface area contributed by atoms with Crippen LogP contribution in [-0.4, -0.2) is 43.7 Å². The van der Waals surface area contributed by atoms with E-state index < -0.39 is 17.7 Å². The van der Waals surface area contributed by atoms with E-state index >= 15 is 0 Å². The van der Waals surface area contributed by atoms with E-state index in [2.05, 4.69) is 0 Å². The first-order chi connectivity index (χ1) is 18.8. The van der Waals surface area contributed by atoms with Crippen molar-refractivity contribution in [2.75, 3.05) is 31.8 Å². The van der Waals surface area contributed by atoms with Gasteiger partial charge in [-0.15, -0.1) is 0 Å². The molecule has 0 bridgehead atoms. The number of fused-ring (bicyclic) bond motifs is 1. The number of aliphatic hydroxyl groups excluding tert-OH is 1. The number of ketones is 1. The van der Waals surface area contributed by atoms with Crippen LogP contribution in [0.4, 0.5) is 5.69 Å². The van der Waals surface area contributed by atoms with E-state index in [-0.39, 0.29) is 17.3 Å². The Morgan fingerprint density at radius 1 is 1.00 bits per heavy atom. The number of carbonyl (C=O) groups excluding carboxylic acids is 2. The smallest absolute Gasteiger partial charge is 0.300 e. The number of rotatable bonds is 7. The molecule has 8 heteroatoms. The topological polar surface area (TPSA) is 94.5 Å². The second-order valence-electron chi connectivity index (χ2n) is 9.58. The van der Waals surface area contributed by atoms with E-state index in [0.29, 0.717) is 59.6 Å². The molecule has 0 spiro atoms. The van der Waals surface area contributed by atoms with Crippen LogP contribution >= 0.6 is 0 Å². The molecule has 0 aromatic heterocycles. The van der Waals surface area contributed by atoms with Gasteiger partial charge in [0, 0.05) is 22.9 Å². The number of carbonyl (C=O) groups is 2. The quantitative estimate of drug-likeness (QED) is 0.241. The summed E-state index contributed by atoms with van der Waals surface area (Å²) in [7, 11) is 1.52. The Morgan fingerprint density at radius 3 is 2.46 bits per heavy atom. The number of amides is 1. The van der Waals surface area contributed by atoms with E-state index in [1.807, 2.05) is 26.8 Å². The molecule has 202 valence electrons. The number of aliphatic hydroxyl groups is 1. The molecule has 0 radical (unpaired) electrons. The molecule has 2 aliphatic heterocycles. The molecule has 1 N–H and O–H groups in total. The monoisotopic (exact) mass is 529 g/mol. The lowest BCUT2D eigenvalue weighted by Gasteiger charge is -2.28. The highest BCUT2D eigenvalue weighted by molar-refractivity contribution is 6.51. The minimum atomic E-state index is -0.947. The van der Waals surface area contributed by atoms with Crippen LogP contribution in [0.1, 0.15) is 49.4 Å². The predicted octanol–water partition coefficient (Wildman–Crippen LogP) is 5.61. The molecule has 1 saturated heterocycles. The van der Waals surface area contributed by atoms with E-state index in [1.165, 1.54) is 12.0 Å². The van der Waals surface area contributed by atoms with Crippen LogP contribution in [0.15, 0.2) is 66.2 Å². The molecular formula is C31H31NO7. The molecule has 1 atom stereocenters. The minimum absolute atomic E-state index is 0.0294. The number of hydrogen-bond acceptors (Lipinski definition) is 7. The van der Waals surface area contributed by atoms with Gasteiger partial charge >= 0.3 is 0 Å². The summed E-state index contributed by atoms with van der Waals surface area (Å²) in [5.41, 5.74) is 2.27. The van der Waals surface area contributed by atoms with Crippen LogP contribution in [0.5, 0.6) is 23.0 Å². The summed E-state index contributed by atoms with van der Waals surface area (Å²) in [5, 5.41) is 11.6. The van der Waals surface area contributed by atoms with Gasteiger partial charge in [0.1, 0.15) is 30.5 Å². The molecule has 0 aliphatic carbocycles. The number of hydrogen-bond donors (Lipinski definition) is 1. The molecule has 2 heterocycles. The fourth-order valence-corrected chi connectivity index (χ4v) is 5.06. The van der Waals surface area contributed by atoms with Gasteiger partial charge in [0.15, 0.2) is 11.5 Å². The van der Waals surface area contributed by atoms with Gasteiger partial charge in [0.2, 0.25) is 0 Å². The van der Waals surface area contributed by atoms with Crippen LogP contribution < -0.4 is 23.8 Å². The summed E-state index contributed by atoms with van der Waals surface area (Å²) in [5.74, 6) is 0.504. The van der Waals surface area contributed by atoms with Crippen molar-refractivity contribution in [2.24, 2.45) is 0 Å². The average Bonchev–Trinajstić information content (AvgIpc) is 3.22. The molecule has 1 amide bonds. The lowest BCUT2D eigenvalue weighted by atomic mass is 9.92. The highest BCUT2D eigenvalue weighted by atomic mass is 16.6. The largest absolute Gasteiger partial charge is 0.507 e. The van der Waals surface area contributed by atoms with E-state index in [4.69, 9.17) is 18.9 Å². The van der Waals surface area contributed by atoms with Crippen molar-refractivity contribution in [2.45, 2.75) is 32.7 Å². The molecule has 5 rings (SSSR count). The molecule has 0 saturated carbocycles. The molecule has 39 heavy (non-hydrogen) atoms. The van der Waals surface area contributed by atoms with Gasteiger partial charge in [0.05, 0.1) is 25.3 Å². The Balaban J connectivity index is 1.71. The molecule has 2 aliphatic rings. The maximum Gasteiger partial charge on any atom is 0.300 e. The third kappa shape index (κ3) is 4.67. The third-order valence-corrected chi connectivity index (χ3v) is 6.89. The fraction of sp³-hybridized carbons (Fsp3) is 0.290. The number of benzene rings is 3. The van der Waals surface area contributed by atoms with Gasteiger partial charge < -0.3 is 24.1 Å². The first kappa shape index (κ1) is 26.2. The number of anilines is 1. The van der Waals surface area contributed by atoms with Gasteiger partial charge in [0.25, 0.3) is 11.7 Å². The number of nitrogens with zero attached hydrogens (tertiary/aromatic N) is 1. The highest BCUT2D eigenvalue weighted by Gasteiger charge is 2.48. The molecule has 3 aromatic carbocycles. The van der Waals surface area contributed by atoms with Crippen LogP contribution in [0, 0.1) is 0 Å². The van der Waals surface area contributed by atoms with Crippen molar-refractivity contribution in [1.82, 2.24) is 0 Å². The Hall–Kier alpha value is -4.46. The molecular weight excluding hydrogens is 498 g/mol. The lowest BCUT2D eigenvalue weighted by molar-refractivity contribution is -0.132. The molecule has 3 aromatic rings. The first-order valence-corrected chi connectivity index (χ1v) is 13.0. The number of Topliss-reactive ketones (excluding diaryl/α,β-unsaturated/α-hetero) is 1. The van der Waals surface area contributed by atoms with Crippen molar-refractivity contribution < 1.29 is 33.6 Å². The summed E-state index contributed by atoms with van der Waals surface area (Å²) < 4.78 is 22.8. The Bertz CT molecular complexity index is 1460. The fourth-order valence-electron chi connectivity index (χ4n) is 5.06. The molecule has 8 nitrogen and oxygen atoms in total. The minimum Gasteiger partial charge on any atom is -0.507 e. The van der Waals surface area contributed by atoms with Gasteiger partial charge in [-0.3, -0.25) is 14.5 Å². The summed E-state index contributed by atoms with van der Waals surface area (Å²) >= 11 is 0. The summed E-state index contributed by atoms with van der Waals surface area (Å²) in [6, 6.07) is 16.6. The Labute approximate surface area is 227 Å². The summed E-state index contributed by atoms with van der Waals surface area (Å²) in [6.45, 7) is 7.26. The predicted molar refractivity (Wildman–Crippen MR) is 147 cm³/mol. The maximum absolute atomic E-state index is 13.6. The van der Waals surface area contributed by atoms with Crippen molar-refractivity contribution >= 4 is 23.1 Å². The van der Waals surface area contributed by atoms with Gasteiger partial charge in [-0.05, 0) is 54.8 Å². The standard InChI is InChI=1S/C31H31NO7/c1-5-37-24-12-10-19(16-22(24)18(2)3)29(33)27-28(21-8-6-7-9-23(21)36-4)32(31(35)30(27)34)20-11-13-25-26(17-20)39-15-14-38-25/h6-13,16-18,28,33H,5,14-15H2,1-4H3/b29-27+. The van der Waals surface area contributed by atoms with Gasteiger partial charge in [-0.2, -0.15) is 0 Å². The van der Waals surface area contributed by atoms with Gasteiger partial charge in [-0.1, -0.05) is 32.0 Å². The van der Waals surface area contributed by atoms with Crippen molar-refractivity contribution in [3.8, 4) is 23.0 Å². The number of methoxy groups -OCH3 is 1. The van der Waals surface area contributed by atoms with Crippen LogP contribution in [0.3, 0.4) is 0 Å². The zero-order valence-corrected chi connectivity index (χ0v) is 22.4. The third-order valence-electron chi connectivity index (χ3n) is 6.89. The zero-order valence-electron chi connectivity index (χ0n) is 22.4. The van der Waals surface area contributed by atoms with Gasteiger partial charge in [-0.25, -0.2) is 0 Å². The summed E-state index contributed by atoms with van der Waals surface area (Å²) in [4.78, 5) is 28.6. The average molecular weight is 530 g/mol. The molecule has 1 unspecified atom stereocenters. The zero-order chi connectivity index (χ0) is 27.7. The van der Waals surface area contributed by atoms with Crippen molar-refractivity contribution in [3.63, 3.8) is 0 Å². The number of ether oxygens (including phenoxy) is 4.